The van der Waals surface area contributed by atoms with E-state index in [1.807, 2.05) is 6.07 Å². The lowest BCUT2D eigenvalue weighted by molar-refractivity contribution is 0.104. The Morgan fingerprint density at radius 2 is 2.05 bits per heavy atom. The van der Waals surface area contributed by atoms with E-state index in [1.165, 1.54) is 17.0 Å². The standard InChI is InChI=1S/C15H13ClN4O/c1-19(2)8-7-14(21)15-11(9-17)10-20(18-15)13-5-3-12(16)4-6-13/h3-8,10H,1-2H3/b8-7+. The third-order valence-corrected chi connectivity index (χ3v) is 2.94. The van der Waals surface area contributed by atoms with Crippen molar-refractivity contribution in [3.8, 4) is 11.8 Å². The maximum atomic E-state index is 12.1. The van der Waals surface area contributed by atoms with Crippen molar-refractivity contribution in [2.75, 3.05) is 14.1 Å². The van der Waals surface area contributed by atoms with Crippen LogP contribution in [0.15, 0.2) is 42.7 Å². The van der Waals surface area contributed by atoms with Gasteiger partial charge in [-0.25, -0.2) is 4.68 Å². The van der Waals surface area contributed by atoms with E-state index in [-0.39, 0.29) is 17.0 Å². The van der Waals surface area contributed by atoms with Crippen molar-refractivity contribution >= 4 is 17.4 Å². The molecule has 1 aromatic carbocycles. The number of rotatable bonds is 4. The monoisotopic (exact) mass is 300 g/mol. The van der Waals surface area contributed by atoms with Crippen LogP contribution >= 0.6 is 11.6 Å². The second-order valence-corrected chi connectivity index (χ2v) is 5.00. The third-order valence-electron chi connectivity index (χ3n) is 2.68. The minimum atomic E-state index is -0.312. The zero-order chi connectivity index (χ0) is 15.4. The molecule has 0 radical (unpaired) electrons. The summed E-state index contributed by atoms with van der Waals surface area (Å²) >= 11 is 5.83. The fraction of sp³-hybridized carbons (Fsp3) is 0.133. The molecule has 6 heteroatoms. The zero-order valence-electron chi connectivity index (χ0n) is 11.6. The molecule has 0 N–H and O–H groups in total. The molecule has 2 rings (SSSR count). The van der Waals surface area contributed by atoms with Crippen LogP contribution < -0.4 is 0 Å². The van der Waals surface area contributed by atoms with Gasteiger partial charge in [0.15, 0.2) is 5.69 Å². The van der Waals surface area contributed by atoms with Crippen LogP contribution in [-0.4, -0.2) is 34.6 Å². The van der Waals surface area contributed by atoms with Gasteiger partial charge in [0.1, 0.15) is 11.6 Å². The molecule has 0 saturated heterocycles. The van der Waals surface area contributed by atoms with Gasteiger partial charge in [-0.2, -0.15) is 10.4 Å². The summed E-state index contributed by atoms with van der Waals surface area (Å²) in [7, 11) is 3.61. The molecule has 0 fully saturated rings. The zero-order valence-corrected chi connectivity index (χ0v) is 12.4. The Hall–Kier alpha value is -2.58. The molecule has 0 atom stereocenters. The molecule has 0 amide bonds. The van der Waals surface area contributed by atoms with E-state index < -0.39 is 0 Å². The summed E-state index contributed by atoms with van der Waals surface area (Å²) in [5.41, 5.74) is 1.09. The largest absolute Gasteiger partial charge is 0.383 e. The fourth-order valence-corrected chi connectivity index (χ4v) is 1.79. The van der Waals surface area contributed by atoms with Crippen LogP contribution in [0.2, 0.25) is 5.02 Å². The topological polar surface area (TPSA) is 61.9 Å². The molecule has 0 aliphatic carbocycles. The quantitative estimate of drug-likeness (QED) is 0.643. The number of nitrogens with zero attached hydrogens (tertiary/aromatic N) is 4. The average molecular weight is 301 g/mol. The van der Waals surface area contributed by atoms with Gasteiger partial charge >= 0.3 is 0 Å². The molecule has 0 aliphatic heterocycles. The van der Waals surface area contributed by atoms with Crippen molar-refractivity contribution in [3.05, 3.63) is 59.0 Å². The first-order chi connectivity index (χ1) is 10.0. The Bertz CT molecular complexity index is 723. The smallest absolute Gasteiger partial charge is 0.208 e. The van der Waals surface area contributed by atoms with E-state index in [1.54, 1.807) is 49.5 Å². The normalized spacial score (nSPS) is 10.6. The van der Waals surface area contributed by atoms with Gasteiger partial charge in [-0.15, -0.1) is 0 Å². The Morgan fingerprint density at radius 3 is 2.62 bits per heavy atom. The maximum Gasteiger partial charge on any atom is 0.208 e. The second-order valence-electron chi connectivity index (χ2n) is 4.57. The predicted octanol–water partition coefficient (Wildman–Crippen LogP) is 2.66. The van der Waals surface area contributed by atoms with Crippen LogP contribution in [-0.2, 0) is 0 Å². The summed E-state index contributed by atoms with van der Waals surface area (Å²) in [6, 6.07) is 8.96. The van der Waals surface area contributed by atoms with Crippen molar-refractivity contribution in [2.24, 2.45) is 0 Å². The van der Waals surface area contributed by atoms with E-state index in [2.05, 4.69) is 5.10 Å². The average Bonchev–Trinajstić information content (AvgIpc) is 2.89. The number of carbonyl (C=O) groups excluding carboxylic acids is 1. The highest BCUT2D eigenvalue weighted by Gasteiger charge is 2.15. The number of hydrogen-bond donors (Lipinski definition) is 0. The number of aromatic nitrogens is 2. The molecule has 0 aliphatic rings. The predicted molar refractivity (Wildman–Crippen MR) is 80.4 cm³/mol. The highest BCUT2D eigenvalue weighted by atomic mass is 35.5. The molecule has 0 spiro atoms. The van der Waals surface area contributed by atoms with Crippen molar-refractivity contribution in [1.82, 2.24) is 14.7 Å². The van der Waals surface area contributed by atoms with E-state index in [4.69, 9.17) is 16.9 Å². The van der Waals surface area contributed by atoms with Gasteiger partial charge in [-0.05, 0) is 24.3 Å². The van der Waals surface area contributed by atoms with Gasteiger partial charge < -0.3 is 4.90 Å². The molecular weight excluding hydrogens is 288 g/mol. The summed E-state index contributed by atoms with van der Waals surface area (Å²) in [5, 5.41) is 13.9. The number of nitriles is 1. The van der Waals surface area contributed by atoms with E-state index in [9.17, 15) is 4.79 Å². The van der Waals surface area contributed by atoms with Gasteiger partial charge in [-0.3, -0.25) is 4.79 Å². The van der Waals surface area contributed by atoms with Crippen LogP contribution in [0.5, 0.6) is 0 Å². The highest BCUT2D eigenvalue weighted by Crippen LogP contribution is 2.15. The van der Waals surface area contributed by atoms with Gasteiger partial charge in [0, 0.05) is 37.6 Å². The molecule has 0 unspecified atom stereocenters. The number of carbonyl (C=O) groups is 1. The number of allylic oxidation sites excluding steroid dienone is 1. The lowest BCUT2D eigenvalue weighted by Crippen LogP contribution is -2.05. The van der Waals surface area contributed by atoms with Crippen LogP contribution in [0, 0.1) is 11.3 Å². The Kier molecular flexibility index (Phi) is 4.41. The molecule has 106 valence electrons. The first-order valence-electron chi connectivity index (χ1n) is 6.16. The molecule has 1 heterocycles. The van der Waals surface area contributed by atoms with Crippen LogP contribution in [0.1, 0.15) is 16.1 Å². The molecular formula is C15H13ClN4O. The summed E-state index contributed by atoms with van der Waals surface area (Å²) < 4.78 is 1.49. The van der Waals surface area contributed by atoms with Gasteiger partial charge in [-0.1, -0.05) is 11.6 Å². The molecule has 0 saturated carbocycles. The van der Waals surface area contributed by atoms with Crippen molar-refractivity contribution < 1.29 is 4.79 Å². The second kappa shape index (κ2) is 6.25. The van der Waals surface area contributed by atoms with Crippen LogP contribution in [0.3, 0.4) is 0 Å². The fourth-order valence-electron chi connectivity index (χ4n) is 1.66. The Balaban J connectivity index is 2.38. The number of hydrogen-bond acceptors (Lipinski definition) is 4. The molecule has 1 aromatic heterocycles. The molecule has 21 heavy (non-hydrogen) atoms. The minimum absolute atomic E-state index is 0.130. The Morgan fingerprint density at radius 1 is 1.38 bits per heavy atom. The summed E-state index contributed by atoms with van der Waals surface area (Å²) in [6.07, 6.45) is 4.53. The van der Waals surface area contributed by atoms with E-state index in [0.717, 1.165) is 5.69 Å². The summed E-state index contributed by atoms with van der Waals surface area (Å²) in [5.74, 6) is -0.312. The maximum absolute atomic E-state index is 12.1. The number of benzene rings is 1. The van der Waals surface area contributed by atoms with Crippen LogP contribution in [0.25, 0.3) is 5.69 Å². The SMILES string of the molecule is CN(C)/C=C/C(=O)c1nn(-c2ccc(Cl)cc2)cc1C#N. The van der Waals surface area contributed by atoms with E-state index in [0.29, 0.717) is 5.02 Å². The Labute approximate surface area is 127 Å². The van der Waals surface area contributed by atoms with Crippen molar-refractivity contribution in [3.63, 3.8) is 0 Å². The van der Waals surface area contributed by atoms with E-state index >= 15 is 0 Å². The first kappa shape index (κ1) is 14.8. The lowest BCUT2D eigenvalue weighted by atomic mass is 10.2. The summed E-state index contributed by atoms with van der Waals surface area (Å²) in [4.78, 5) is 13.8. The lowest BCUT2D eigenvalue weighted by Gasteiger charge is -2.02. The summed E-state index contributed by atoms with van der Waals surface area (Å²) in [6.45, 7) is 0. The van der Waals surface area contributed by atoms with Gasteiger partial charge in [0.2, 0.25) is 5.78 Å². The number of halogens is 1. The molecule has 0 bridgehead atoms. The van der Waals surface area contributed by atoms with Gasteiger partial charge in [0.25, 0.3) is 0 Å². The van der Waals surface area contributed by atoms with Gasteiger partial charge in [0.05, 0.1) is 5.69 Å². The van der Waals surface area contributed by atoms with Crippen molar-refractivity contribution in [1.29, 1.82) is 5.26 Å². The van der Waals surface area contributed by atoms with Crippen LogP contribution in [0.4, 0.5) is 0 Å². The van der Waals surface area contributed by atoms with Crippen molar-refractivity contribution in [2.45, 2.75) is 0 Å². The number of ketones is 1. The molecule has 5 nitrogen and oxygen atoms in total. The third kappa shape index (κ3) is 3.50. The highest BCUT2D eigenvalue weighted by molar-refractivity contribution is 6.30. The molecule has 2 aromatic rings. The minimum Gasteiger partial charge on any atom is -0.383 e. The first-order valence-corrected chi connectivity index (χ1v) is 6.53.